The zero-order valence-corrected chi connectivity index (χ0v) is 75.0. The first-order valence-corrected chi connectivity index (χ1v) is 45.7. The van der Waals surface area contributed by atoms with E-state index < -0.39 is 51.2 Å². The second-order valence-corrected chi connectivity index (χ2v) is 35.1. The molecule has 29 heteroatoms. The quantitative estimate of drug-likeness (QED) is 0.0228. The maximum atomic E-state index is 12.4. The molecule has 0 atom stereocenters. The normalized spacial score (nSPS) is 11.2. The first-order valence-electron chi connectivity index (χ1n) is 40.4. The number of ether oxygens (including phenoxy) is 4. The van der Waals surface area contributed by atoms with Gasteiger partial charge in [0.1, 0.15) is 23.0 Å². The first-order chi connectivity index (χ1) is 63.5. The molecule has 16 nitrogen and oxygen atoms in total. The van der Waals surface area contributed by atoms with Crippen molar-refractivity contribution in [3.05, 3.63) is 376 Å². The van der Waals surface area contributed by atoms with Gasteiger partial charge in [-0.05, 0) is 128 Å². The maximum Gasteiger partial charge on any atom is 0.534 e. The number of phenols is 2. The van der Waals surface area contributed by atoms with Crippen LogP contribution in [0, 0.1) is 6.92 Å². The van der Waals surface area contributed by atoms with Gasteiger partial charge < -0.3 is 57.6 Å². The van der Waals surface area contributed by atoms with E-state index in [1.165, 1.54) is 114 Å². The van der Waals surface area contributed by atoms with Crippen molar-refractivity contribution < 1.29 is 101 Å². The number of para-hydroxylation sites is 1. The summed E-state index contributed by atoms with van der Waals surface area (Å²) in [4.78, 5) is 0. The fourth-order valence-corrected chi connectivity index (χ4v) is 19.2. The van der Waals surface area contributed by atoms with Crippen LogP contribution in [0.5, 0.6) is 46.0 Å². The molecule has 3 aromatic heterocycles. The molecule has 0 saturated heterocycles. The molecule has 6 N–H and O–H groups in total. The molecule has 0 aliphatic carbocycles. The monoisotopic (exact) mass is 1870 g/mol. The number of alkyl halides is 6. The van der Waals surface area contributed by atoms with Crippen LogP contribution < -0.4 is 38.2 Å². The molecule has 3 heterocycles. The number of hydrogen-bond donors (Lipinski definition) is 6. The number of rotatable bonds is 16. The van der Waals surface area contributed by atoms with Crippen molar-refractivity contribution in [3.8, 4) is 113 Å². The predicted molar refractivity (Wildman–Crippen MR) is 522 cm³/mol. The van der Waals surface area contributed by atoms with Crippen LogP contribution in [0.25, 0.3) is 127 Å². The smallest absolute Gasteiger partial charge is 0.507 e. The van der Waals surface area contributed by atoms with E-state index in [0.29, 0.717) is 33.2 Å². The standard InChI is InChI=1S/C36H22S2.C14H11F3O3S.C14H14O2.C12H9BO2S.C12H10O2.C9H9F3O5S.C6H7BO2/c1-2-11-23(12-3-1)34-26(30-19-9-17-28-24-13-4-6-21-32(24)37-35(28)30)15-8-16-27(34)31-20-10-18-29-25-14-5-7-22-33(25)38-36(29)31;1-10-6-5-9-12(20-21(18,19)14(15,16)17)13(10)11-7-3-2-4-8-11;1-15-12-9-6-10-13(16-2)14(12)11-7-4-3-5-8-11;14-13(15)10-6-3-5-9-8-4-1-2-7-11(8)16-12(9)10;13-10-7-4-8-11(14)12(10)9-5-2-1-3-6-9;1-15-6-4-3-5-7(16-2)8(6)17-18(13,14)9(10,11)12;8-7(9)6-4-2-1-3-5-6/h1-22H;2-9H,1H3;3-10H,1-2H3;1-7,14-15H;1-8,13-14H;3-5H,1-2H3;1-5,8-9H. The molecule has 19 aromatic rings. The highest BCUT2D eigenvalue weighted by Crippen LogP contribution is 2.50. The highest BCUT2D eigenvalue weighted by atomic mass is 32.2. The molecule has 0 saturated carbocycles. The highest BCUT2D eigenvalue weighted by molar-refractivity contribution is 7.88. The molecule has 19 rings (SSSR count). The van der Waals surface area contributed by atoms with Gasteiger partial charge in [0.05, 0.1) is 39.6 Å². The average Bonchev–Trinajstić information content (AvgIpc) is 1.59. The van der Waals surface area contributed by atoms with Crippen LogP contribution >= 0.6 is 34.0 Å². The van der Waals surface area contributed by atoms with Crippen LogP contribution in [0.3, 0.4) is 0 Å². The Kier molecular flexibility index (Phi) is 31.3. The van der Waals surface area contributed by atoms with E-state index in [0.717, 1.165) is 52.5 Å². The molecule has 0 aliphatic rings. The molecule has 668 valence electrons. The minimum atomic E-state index is -5.78. The maximum absolute atomic E-state index is 12.4. The van der Waals surface area contributed by atoms with Crippen LogP contribution in [0.4, 0.5) is 26.3 Å². The lowest BCUT2D eigenvalue weighted by Gasteiger charge is -2.17. The van der Waals surface area contributed by atoms with Crippen molar-refractivity contribution in [2.45, 2.75) is 17.9 Å². The largest absolute Gasteiger partial charge is 0.534 e. The van der Waals surface area contributed by atoms with Gasteiger partial charge in [0.15, 0.2) is 17.2 Å². The summed E-state index contributed by atoms with van der Waals surface area (Å²) in [5.74, 6) is 0.450. The van der Waals surface area contributed by atoms with Crippen LogP contribution in [0.2, 0.25) is 0 Å². The highest BCUT2D eigenvalue weighted by Gasteiger charge is 2.50. The molecule has 0 bridgehead atoms. The van der Waals surface area contributed by atoms with Crippen molar-refractivity contribution in [3.63, 3.8) is 0 Å². The Bertz CT molecular complexity index is 7210. The van der Waals surface area contributed by atoms with Crippen molar-refractivity contribution in [1.29, 1.82) is 0 Å². The molecule has 0 radical (unpaired) electrons. The second-order valence-electron chi connectivity index (χ2n) is 28.8. The van der Waals surface area contributed by atoms with E-state index in [9.17, 15) is 63.4 Å². The van der Waals surface area contributed by atoms with Gasteiger partial charge >= 0.3 is 45.5 Å². The number of thiophene rings is 3. The van der Waals surface area contributed by atoms with E-state index in [4.69, 9.17) is 29.0 Å². The summed E-state index contributed by atoms with van der Waals surface area (Å²) in [6, 6.07) is 118. The number of aryl methyl sites for hydroxylation is 1. The fraction of sp³-hybridized carbons (Fsp3) is 0.0680. The first kappa shape index (κ1) is 95.6. The van der Waals surface area contributed by atoms with Crippen LogP contribution in [-0.2, 0) is 20.2 Å². The molecule has 132 heavy (non-hydrogen) atoms. The van der Waals surface area contributed by atoms with Gasteiger partial charge in [-0.2, -0.15) is 43.2 Å². The molecule has 0 fully saturated rings. The van der Waals surface area contributed by atoms with E-state index in [2.05, 4.69) is 148 Å². The lowest BCUT2D eigenvalue weighted by atomic mass is 9.80. The molecule has 0 spiro atoms. The van der Waals surface area contributed by atoms with Gasteiger partial charge in [0.2, 0.25) is 5.75 Å². The van der Waals surface area contributed by atoms with Crippen molar-refractivity contribution in [2.24, 2.45) is 0 Å². The third-order valence-corrected chi connectivity index (χ3v) is 26.1. The zero-order chi connectivity index (χ0) is 93.9. The molecule has 16 aromatic carbocycles. The Morgan fingerprint density at radius 3 is 0.985 bits per heavy atom. The predicted octanol–water partition coefficient (Wildman–Crippen LogP) is 24.5. The van der Waals surface area contributed by atoms with Crippen molar-refractivity contribution >= 4 is 140 Å². The molecular weight excluding hydrogens is 1790 g/mol. The molecule has 0 unspecified atom stereocenters. The van der Waals surface area contributed by atoms with Gasteiger partial charge in [-0.1, -0.05) is 309 Å². The minimum absolute atomic E-state index is 0.0937. The average molecular weight is 1870 g/mol. The van der Waals surface area contributed by atoms with Crippen LogP contribution in [0.1, 0.15) is 5.56 Å². The van der Waals surface area contributed by atoms with Crippen molar-refractivity contribution in [2.75, 3.05) is 28.4 Å². The zero-order valence-electron chi connectivity index (χ0n) is 70.9. The Labute approximate surface area is 770 Å². The van der Waals surface area contributed by atoms with E-state index >= 15 is 0 Å². The Hall–Kier alpha value is -14.0. The fourth-order valence-electron chi connectivity index (χ4n) is 14.5. The van der Waals surface area contributed by atoms with Crippen LogP contribution in [-0.4, -0.2) is 101 Å². The Morgan fingerprint density at radius 2 is 0.583 bits per heavy atom. The van der Waals surface area contributed by atoms with Crippen LogP contribution in [0.15, 0.2) is 370 Å². The number of fused-ring (bicyclic) bond motifs is 9. The second kappa shape index (κ2) is 43.2. The lowest BCUT2D eigenvalue weighted by molar-refractivity contribution is -0.0505. The van der Waals surface area contributed by atoms with E-state index in [1.54, 1.807) is 117 Å². The number of phenolic OH excluding ortho intramolecular Hbond substituents is 2. The number of halogens is 6. The summed E-state index contributed by atoms with van der Waals surface area (Å²) >= 11 is 5.39. The van der Waals surface area contributed by atoms with E-state index in [-0.39, 0.29) is 28.7 Å². The Balaban J connectivity index is 0.000000138. The molecule has 0 aliphatic heterocycles. The summed E-state index contributed by atoms with van der Waals surface area (Å²) in [7, 11) is -8.58. The van der Waals surface area contributed by atoms with Gasteiger partial charge in [-0.15, -0.1) is 34.0 Å². The topological polar surface area (TPSA) is 245 Å². The summed E-state index contributed by atoms with van der Waals surface area (Å²) < 4.78 is 154. The summed E-state index contributed by atoms with van der Waals surface area (Å²) in [5, 5.41) is 62.5. The molecule has 0 amide bonds. The molecular formula is C103H82B2F6O16S5. The third-order valence-electron chi connectivity index (χ3n) is 20.5. The van der Waals surface area contributed by atoms with E-state index in [1.807, 2.05) is 138 Å². The number of aromatic hydroxyl groups is 2. The lowest BCUT2D eigenvalue weighted by Crippen LogP contribution is -2.29. The summed E-state index contributed by atoms with van der Waals surface area (Å²) in [6.45, 7) is 1.66. The number of methoxy groups -OCH3 is 4. The Morgan fingerprint density at radius 1 is 0.280 bits per heavy atom. The number of hydrogen-bond acceptors (Lipinski definition) is 19. The van der Waals surface area contributed by atoms with Gasteiger partial charge in [-0.3, -0.25) is 0 Å². The van der Waals surface area contributed by atoms with Gasteiger partial charge in [-0.25, -0.2) is 0 Å². The van der Waals surface area contributed by atoms with Crippen molar-refractivity contribution in [1.82, 2.24) is 0 Å². The van der Waals surface area contributed by atoms with Gasteiger partial charge in [0, 0.05) is 71.8 Å². The van der Waals surface area contributed by atoms with Gasteiger partial charge in [0.25, 0.3) is 0 Å². The summed E-state index contributed by atoms with van der Waals surface area (Å²) in [5.41, 5.74) is 2.68. The SMILES string of the molecule is COc1cccc(OC)c1-c1ccccc1.COc1cccc(OC)c1OS(=O)(=O)C(F)(F)F.Cc1cccc(OS(=O)(=O)C(F)(F)F)c1-c1ccccc1.OB(O)c1cccc2c1sc1ccccc12.OB(O)c1ccccc1.Oc1cccc(O)c1-c1ccccc1.c1ccc(-c2c(-c3cccc4c3sc3ccccc34)cccc2-c2cccc3c2sc2ccccc23)cc1. The third kappa shape index (κ3) is 22.2. The minimum Gasteiger partial charge on any atom is -0.507 e. The summed E-state index contributed by atoms with van der Waals surface area (Å²) in [6.07, 6.45) is 0. The number of benzene rings is 16.